The van der Waals surface area contributed by atoms with E-state index < -0.39 is 0 Å². The maximum absolute atomic E-state index is 12.4. The van der Waals surface area contributed by atoms with Crippen molar-refractivity contribution in [2.75, 3.05) is 13.1 Å². The monoisotopic (exact) mass is 280 g/mol. The van der Waals surface area contributed by atoms with E-state index in [1.54, 1.807) is 18.3 Å². The summed E-state index contributed by atoms with van der Waals surface area (Å²) in [4.78, 5) is 18.3. The van der Waals surface area contributed by atoms with Crippen LogP contribution in [-0.2, 0) is 0 Å². The van der Waals surface area contributed by atoms with Crippen LogP contribution in [0.4, 0.5) is 0 Å². The molecule has 3 nitrogen and oxygen atoms in total. The summed E-state index contributed by atoms with van der Waals surface area (Å²) in [5.41, 5.74) is 0.647. The molecule has 4 heteroatoms. The summed E-state index contributed by atoms with van der Waals surface area (Å²) in [6.45, 7) is 3.95. The summed E-state index contributed by atoms with van der Waals surface area (Å²) in [6.07, 6.45) is 7.58. The topological polar surface area (TPSA) is 33.2 Å². The quantitative estimate of drug-likeness (QED) is 0.790. The highest BCUT2D eigenvalue weighted by Gasteiger charge is 2.21. The van der Waals surface area contributed by atoms with E-state index in [-0.39, 0.29) is 5.91 Å². The third-order valence-electron chi connectivity index (χ3n) is 3.81. The summed E-state index contributed by atoms with van der Waals surface area (Å²) in [6, 6.07) is 3.39. The second-order valence-corrected chi connectivity index (χ2v) is 5.63. The number of pyridine rings is 1. The van der Waals surface area contributed by atoms with E-state index in [1.165, 1.54) is 19.3 Å². The fourth-order valence-electron chi connectivity index (χ4n) is 2.78. The minimum atomic E-state index is 0.0847. The molecule has 1 fully saturated rings. The Kier molecular flexibility index (Phi) is 5.20. The van der Waals surface area contributed by atoms with Gasteiger partial charge in [0.05, 0.1) is 0 Å². The Hall–Kier alpha value is -1.09. The SMILES string of the molecule is CCCC1CCCN(C(=O)c2ccnc(Cl)c2)CC1. The van der Waals surface area contributed by atoms with E-state index in [0.29, 0.717) is 10.7 Å². The summed E-state index contributed by atoms with van der Waals surface area (Å²) in [5.74, 6) is 0.866. The molecular formula is C15H21ClN2O. The first-order valence-electron chi connectivity index (χ1n) is 7.11. The molecular weight excluding hydrogens is 260 g/mol. The van der Waals surface area contributed by atoms with Crippen LogP contribution in [0.3, 0.4) is 0 Å². The summed E-state index contributed by atoms with van der Waals surface area (Å²) in [7, 11) is 0. The fourth-order valence-corrected chi connectivity index (χ4v) is 2.96. The first-order chi connectivity index (χ1) is 9.20. The van der Waals surface area contributed by atoms with Crippen molar-refractivity contribution in [1.82, 2.24) is 9.88 Å². The van der Waals surface area contributed by atoms with E-state index in [2.05, 4.69) is 11.9 Å². The molecule has 2 heterocycles. The van der Waals surface area contributed by atoms with Crippen molar-refractivity contribution in [3.8, 4) is 0 Å². The summed E-state index contributed by atoms with van der Waals surface area (Å²) in [5, 5.41) is 0.379. The van der Waals surface area contributed by atoms with Crippen molar-refractivity contribution in [2.24, 2.45) is 5.92 Å². The zero-order valence-corrected chi connectivity index (χ0v) is 12.2. The van der Waals surface area contributed by atoms with Gasteiger partial charge in [-0.2, -0.15) is 0 Å². The predicted molar refractivity (Wildman–Crippen MR) is 77.4 cm³/mol. The van der Waals surface area contributed by atoms with Crippen LogP contribution in [0.15, 0.2) is 18.3 Å². The van der Waals surface area contributed by atoms with Gasteiger partial charge in [-0.15, -0.1) is 0 Å². The zero-order valence-electron chi connectivity index (χ0n) is 11.4. The van der Waals surface area contributed by atoms with Gasteiger partial charge >= 0.3 is 0 Å². The number of halogens is 1. The maximum atomic E-state index is 12.4. The number of hydrogen-bond acceptors (Lipinski definition) is 2. The molecule has 1 atom stereocenters. The van der Waals surface area contributed by atoms with Crippen molar-refractivity contribution in [1.29, 1.82) is 0 Å². The fraction of sp³-hybridized carbons (Fsp3) is 0.600. The number of hydrogen-bond donors (Lipinski definition) is 0. The van der Waals surface area contributed by atoms with Crippen LogP contribution in [-0.4, -0.2) is 28.9 Å². The molecule has 1 aromatic rings. The second-order valence-electron chi connectivity index (χ2n) is 5.25. The average Bonchev–Trinajstić information content (AvgIpc) is 2.64. The van der Waals surface area contributed by atoms with Crippen LogP contribution in [0, 0.1) is 5.92 Å². The lowest BCUT2D eigenvalue weighted by Crippen LogP contribution is -2.32. The van der Waals surface area contributed by atoms with Crippen LogP contribution >= 0.6 is 11.6 Å². The molecule has 1 aromatic heterocycles. The first kappa shape index (κ1) is 14.3. The zero-order chi connectivity index (χ0) is 13.7. The maximum Gasteiger partial charge on any atom is 0.254 e. The van der Waals surface area contributed by atoms with Crippen LogP contribution in [0.1, 0.15) is 49.4 Å². The van der Waals surface area contributed by atoms with Gasteiger partial charge in [0, 0.05) is 24.8 Å². The van der Waals surface area contributed by atoms with Crippen molar-refractivity contribution < 1.29 is 4.79 Å². The molecule has 104 valence electrons. The normalized spacial score (nSPS) is 20.1. The van der Waals surface area contributed by atoms with Crippen molar-refractivity contribution in [3.63, 3.8) is 0 Å². The predicted octanol–water partition coefficient (Wildman–Crippen LogP) is 3.78. The number of likely N-dealkylation sites (tertiary alicyclic amines) is 1. The van der Waals surface area contributed by atoms with E-state index in [0.717, 1.165) is 31.8 Å². The Morgan fingerprint density at radius 2 is 2.32 bits per heavy atom. The average molecular weight is 281 g/mol. The van der Waals surface area contributed by atoms with Crippen molar-refractivity contribution >= 4 is 17.5 Å². The number of rotatable bonds is 3. The molecule has 0 bridgehead atoms. The molecule has 0 N–H and O–H groups in total. The molecule has 0 aliphatic carbocycles. The van der Waals surface area contributed by atoms with Crippen molar-refractivity contribution in [3.05, 3.63) is 29.0 Å². The lowest BCUT2D eigenvalue weighted by atomic mass is 9.96. The second kappa shape index (κ2) is 6.90. The molecule has 1 amide bonds. The van der Waals surface area contributed by atoms with Gasteiger partial charge in [0.1, 0.15) is 5.15 Å². The first-order valence-corrected chi connectivity index (χ1v) is 7.49. The minimum absolute atomic E-state index is 0.0847. The van der Waals surface area contributed by atoms with Crippen molar-refractivity contribution in [2.45, 2.75) is 39.0 Å². The Labute approximate surface area is 120 Å². The summed E-state index contributed by atoms with van der Waals surface area (Å²) >= 11 is 5.84. The lowest BCUT2D eigenvalue weighted by molar-refractivity contribution is 0.0759. The highest BCUT2D eigenvalue weighted by Crippen LogP contribution is 2.23. The molecule has 0 spiro atoms. The van der Waals surface area contributed by atoms with E-state index in [4.69, 9.17) is 11.6 Å². The third kappa shape index (κ3) is 3.93. The van der Waals surface area contributed by atoms with Crippen LogP contribution in [0.5, 0.6) is 0 Å². The molecule has 1 unspecified atom stereocenters. The van der Waals surface area contributed by atoms with Gasteiger partial charge in [-0.25, -0.2) is 4.98 Å². The van der Waals surface area contributed by atoms with Crippen LogP contribution in [0.25, 0.3) is 0 Å². The molecule has 1 saturated heterocycles. The number of carbonyl (C=O) groups is 1. The summed E-state index contributed by atoms with van der Waals surface area (Å²) < 4.78 is 0. The highest BCUT2D eigenvalue weighted by atomic mass is 35.5. The standard InChI is InChI=1S/C15H21ClN2O/c1-2-4-12-5-3-9-18(10-7-12)15(19)13-6-8-17-14(16)11-13/h6,8,11-12H,2-5,7,9-10H2,1H3. The molecule has 19 heavy (non-hydrogen) atoms. The molecule has 0 radical (unpaired) electrons. The molecule has 0 aromatic carbocycles. The van der Waals surface area contributed by atoms with Crippen LogP contribution in [0.2, 0.25) is 5.15 Å². The largest absolute Gasteiger partial charge is 0.339 e. The van der Waals surface area contributed by atoms with E-state index >= 15 is 0 Å². The Balaban J connectivity index is 2.00. The highest BCUT2D eigenvalue weighted by molar-refractivity contribution is 6.29. The van der Waals surface area contributed by atoms with Gasteiger partial charge in [-0.3, -0.25) is 4.79 Å². The number of aromatic nitrogens is 1. The van der Waals surface area contributed by atoms with E-state index in [9.17, 15) is 4.79 Å². The van der Waals surface area contributed by atoms with E-state index in [1.807, 2.05) is 4.90 Å². The molecule has 0 saturated carbocycles. The number of nitrogens with zero attached hydrogens (tertiary/aromatic N) is 2. The van der Waals surface area contributed by atoms with Gasteiger partial charge in [-0.1, -0.05) is 31.4 Å². The van der Waals surface area contributed by atoms with Gasteiger partial charge in [0.2, 0.25) is 0 Å². The smallest absolute Gasteiger partial charge is 0.254 e. The molecule has 1 aliphatic heterocycles. The third-order valence-corrected chi connectivity index (χ3v) is 4.01. The Morgan fingerprint density at radius 3 is 3.05 bits per heavy atom. The van der Waals surface area contributed by atoms with Gasteiger partial charge in [0.25, 0.3) is 5.91 Å². The minimum Gasteiger partial charge on any atom is -0.339 e. The van der Waals surface area contributed by atoms with Gasteiger partial charge < -0.3 is 4.90 Å². The number of amides is 1. The molecule has 1 aliphatic rings. The number of carbonyl (C=O) groups excluding carboxylic acids is 1. The Bertz CT molecular complexity index is 436. The Morgan fingerprint density at radius 1 is 1.47 bits per heavy atom. The van der Waals surface area contributed by atoms with Gasteiger partial charge in [-0.05, 0) is 37.3 Å². The van der Waals surface area contributed by atoms with Crippen LogP contribution < -0.4 is 0 Å². The van der Waals surface area contributed by atoms with Gasteiger partial charge in [0.15, 0.2) is 0 Å². The molecule has 2 rings (SSSR count). The lowest BCUT2D eigenvalue weighted by Gasteiger charge is -2.20.